The van der Waals surface area contributed by atoms with E-state index in [1.54, 1.807) is 12.1 Å². The van der Waals surface area contributed by atoms with Crippen LogP contribution in [0.1, 0.15) is 35.3 Å². The zero-order valence-electron chi connectivity index (χ0n) is 15.2. The maximum Gasteiger partial charge on any atom is 0.165 e. The summed E-state index contributed by atoms with van der Waals surface area (Å²) in [5.41, 5.74) is 2.40. The Bertz CT molecular complexity index is 861. The zero-order valence-corrected chi connectivity index (χ0v) is 15.2. The number of rotatable bonds is 8. The maximum atomic E-state index is 13.2. The molecule has 0 aliphatic carbocycles. The highest BCUT2D eigenvalue weighted by Crippen LogP contribution is 2.26. The Morgan fingerprint density at radius 2 is 1.63 bits per heavy atom. The molecule has 0 aromatic heterocycles. The largest absolute Gasteiger partial charge is 0.494 e. The highest BCUT2D eigenvalue weighted by atomic mass is 19.1. The lowest BCUT2D eigenvalue weighted by Crippen LogP contribution is -2.16. The van der Waals surface area contributed by atoms with Gasteiger partial charge in [0.1, 0.15) is 11.6 Å². The molecule has 0 amide bonds. The van der Waals surface area contributed by atoms with Crippen molar-refractivity contribution in [1.29, 1.82) is 0 Å². The summed E-state index contributed by atoms with van der Waals surface area (Å²) < 4.78 is 18.7. The molecule has 3 aromatic rings. The lowest BCUT2D eigenvalue weighted by atomic mass is 9.97. The van der Waals surface area contributed by atoms with Gasteiger partial charge < -0.3 is 10.1 Å². The smallest absolute Gasteiger partial charge is 0.165 e. The summed E-state index contributed by atoms with van der Waals surface area (Å²) in [6.07, 6.45) is 0.287. The predicted octanol–water partition coefficient (Wildman–Crippen LogP) is 5.65. The third-order valence-corrected chi connectivity index (χ3v) is 4.26. The van der Waals surface area contributed by atoms with Gasteiger partial charge in [0.05, 0.1) is 12.6 Å². The van der Waals surface area contributed by atoms with Gasteiger partial charge in [-0.15, -0.1) is 0 Å². The fraction of sp³-hybridized carbons (Fsp3) is 0.174. The van der Waals surface area contributed by atoms with E-state index in [0.717, 1.165) is 17.0 Å². The number of carbonyl (C=O) groups excluding carboxylic acids is 1. The van der Waals surface area contributed by atoms with E-state index in [1.165, 1.54) is 12.1 Å². The van der Waals surface area contributed by atoms with E-state index < -0.39 is 0 Å². The van der Waals surface area contributed by atoms with Gasteiger partial charge in [-0.2, -0.15) is 0 Å². The van der Waals surface area contributed by atoms with Crippen LogP contribution in [0, 0.1) is 5.82 Å². The minimum atomic E-state index is -0.293. The van der Waals surface area contributed by atoms with E-state index in [1.807, 2.05) is 61.5 Å². The normalized spacial score (nSPS) is 11.6. The molecular formula is C23H22FNO2. The van der Waals surface area contributed by atoms with Gasteiger partial charge in [0.25, 0.3) is 0 Å². The van der Waals surface area contributed by atoms with Crippen molar-refractivity contribution in [3.05, 3.63) is 95.8 Å². The molecule has 3 aromatic carbocycles. The van der Waals surface area contributed by atoms with Crippen LogP contribution in [0.4, 0.5) is 10.1 Å². The molecule has 0 radical (unpaired) electrons. The lowest BCUT2D eigenvalue weighted by Gasteiger charge is -2.20. The van der Waals surface area contributed by atoms with Crippen LogP contribution in [0.5, 0.6) is 5.75 Å². The van der Waals surface area contributed by atoms with Crippen LogP contribution >= 0.6 is 0 Å². The van der Waals surface area contributed by atoms with Crippen LogP contribution < -0.4 is 10.1 Å². The number of benzene rings is 3. The molecule has 0 aliphatic rings. The molecule has 138 valence electrons. The zero-order chi connectivity index (χ0) is 19.1. The third-order valence-electron chi connectivity index (χ3n) is 4.26. The molecule has 3 rings (SSSR count). The molecular weight excluding hydrogens is 341 g/mol. The first-order chi connectivity index (χ1) is 13.2. The van der Waals surface area contributed by atoms with E-state index in [4.69, 9.17) is 4.74 Å². The number of hydrogen-bond donors (Lipinski definition) is 1. The highest BCUT2D eigenvalue weighted by molar-refractivity contribution is 5.96. The Labute approximate surface area is 158 Å². The van der Waals surface area contributed by atoms with Crippen molar-refractivity contribution in [2.24, 2.45) is 0 Å². The molecule has 0 bridgehead atoms. The van der Waals surface area contributed by atoms with Crippen LogP contribution in [-0.4, -0.2) is 12.4 Å². The molecule has 3 nitrogen and oxygen atoms in total. The average molecular weight is 363 g/mol. The number of hydrogen-bond acceptors (Lipinski definition) is 3. The monoisotopic (exact) mass is 363 g/mol. The molecule has 0 saturated heterocycles. The minimum absolute atomic E-state index is 0.0455. The summed E-state index contributed by atoms with van der Waals surface area (Å²) in [4.78, 5) is 12.7. The van der Waals surface area contributed by atoms with Gasteiger partial charge in [0.15, 0.2) is 5.78 Å². The second-order valence-corrected chi connectivity index (χ2v) is 6.20. The van der Waals surface area contributed by atoms with Gasteiger partial charge in [-0.1, -0.05) is 42.5 Å². The first kappa shape index (κ1) is 18.6. The summed E-state index contributed by atoms with van der Waals surface area (Å²) in [5.74, 6) is 0.541. The second kappa shape index (κ2) is 8.99. The van der Waals surface area contributed by atoms with Gasteiger partial charge >= 0.3 is 0 Å². The summed E-state index contributed by atoms with van der Waals surface area (Å²) in [7, 11) is 0. The third kappa shape index (κ3) is 5.17. The van der Waals surface area contributed by atoms with Crippen LogP contribution in [0.15, 0.2) is 78.9 Å². The topological polar surface area (TPSA) is 38.3 Å². The van der Waals surface area contributed by atoms with Gasteiger partial charge in [-0.05, 0) is 48.9 Å². The second-order valence-electron chi connectivity index (χ2n) is 6.20. The number of nitrogens with one attached hydrogen (secondary N) is 1. The van der Waals surface area contributed by atoms with Crippen molar-refractivity contribution < 1.29 is 13.9 Å². The van der Waals surface area contributed by atoms with Crippen LogP contribution in [-0.2, 0) is 0 Å². The summed E-state index contributed by atoms with van der Waals surface area (Å²) in [5, 5.41) is 3.35. The van der Waals surface area contributed by atoms with Crippen molar-refractivity contribution in [3.63, 3.8) is 0 Å². The van der Waals surface area contributed by atoms with Crippen molar-refractivity contribution in [2.75, 3.05) is 11.9 Å². The number of ether oxygens (including phenoxy) is 1. The fourth-order valence-corrected chi connectivity index (χ4v) is 2.89. The summed E-state index contributed by atoms with van der Waals surface area (Å²) in [6.45, 7) is 2.54. The SMILES string of the molecule is CCOc1ccc(C(CC(=O)c2ccccc2)Nc2ccc(F)cc2)cc1. The average Bonchev–Trinajstić information content (AvgIpc) is 2.70. The van der Waals surface area contributed by atoms with E-state index in [2.05, 4.69) is 5.32 Å². The first-order valence-corrected chi connectivity index (χ1v) is 8.99. The van der Waals surface area contributed by atoms with Gasteiger partial charge in [0.2, 0.25) is 0 Å². The molecule has 0 saturated carbocycles. The minimum Gasteiger partial charge on any atom is -0.494 e. The summed E-state index contributed by atoms with van der Waals surface area (Å²) >= 11 is 0. The van der Waals surface area contributed by atoms with Crippen molar-refractivity contribution in [2.45, 2.75) is 19.4 Å². The van der Waals surface area contributed by atoms with Gasteiger partial charge in [-0.25, -0.2) is 4.39 Å². The van der Waals surface area contributed by atoms with Crippen molar-refractivity contribution in [3.8, 4) is 5.75 Å². The molecule has 0 heterocycles. The number of anilines is 1. The van der Waals surface area contributed by atoms with Crippen LogP contribution in [0.2, 0.25) is 0 Å². The Hall–Kier alpha value is -3.14. The maximum absolute atomic E-state index is 13.2. The van der Waals surface area contributed by atoms with E-state index >= 15 is 0 Å². The standard InChI is InChI=1S/C23H22FNO2/c1-2-27-21-14-8-17(9-15-21)22(25-20-12-10-19(24)11-13-20)16-23(26)18-6-4-3-5-7-18/h3-15,22,25H,2,16H2,1H3. The Balaban J connectivity index is 1.83. The fourth-order valence-electron chi connectivity index (χ4n) is 2.89. The van der Waals surface area contributed by atoms with E-state index in [9.17, 15) is 9.18 Å². The number of halogens is 1. The van der Waals surface area contributed by atoms with Gasteiger partial charge in [0, 0.05) is 17.7 Å². The predicted molar refractivity (Wildman–Crippen MR) is 106 cm³/mol. The molecule has 27 heavy (non-hydrogen) atoms. The molecule has 0 aliphatic heterocycles. The quantitative estimate of drug-likeness (QED) is 0.526. The molecule has 4 heteroatoms. The number of Topliss-reactive ketones (excluding diaryl/α,β-unsaturated/α-hetero) is 1. The van der Waals surface area contributed by atoms with Gasteiger partial charge in [-0.3, -0.25) is 4.79 Å². The van der Waals surface area contributed by atoms with Crippen molar-refractivity contribution >= 4 is 11.5 Å². The number of ketones is 1. The Kier molecular flexibility index (Phi) is 6.21. The molecule has 1 atom stereocenters. The van der Waals surface area contributed by atoms with Crippen molar-refractivity contribution in [1.82, 2.24) is 0 Å². The molecule has 1 N–H and O–H groups in total. The van der Waals surface area contributed by atoms with E-state index in [-0.39, 0.29) is 24.1 Å². The number of carbonyl (C=O) groups is 1. The lowest BCUT2D eigenvalue weighted by molar-refractivity contribution is 0.0976. The Morgan fingerprint density at radius 3 is 2.26 bits per heavy atom. The first-order valence-electron chi connectivity index (χ1n) is 8.99. The highest BCUT2D eigenvalue weighted by Gasteiger charge is 2.17. The van der Waals surface area contributed by atoms with E-state index in [0.29, 0.717) is 12.2 Å². The van der Waals surface area contributed by atoms with Crippen LogP contribution in [0.3, 0.4) is 0 Å². The van der Waals surface area contributed by atoms with Crippen LogP contribution in [0.25, 0.3) is 0 Å². The molecule has 0 fully saturated rings. The molecule has 1 unspecified atom stereocenters. The molecule has 0 spiro atoms. The Morgan fingerprint density at radius 1 is 0.963 bits per heavy atom. The summed E-state index contributed by atoms with van der Waals surface area (Å²) in [6, 6.07) is 22.8.